The monoisotopic (exact) mass is 233 g/mol. The van der Waals surface area contributed by atoms with Gasteiger partial charge < -0.3 is 15.4 Å². The number of likely N-dealkylation sites (N-methyl/N-ethyl adjacent to an activating group) is 1. The summed E-state index contributed by atoms with van der Waals surface area (Å²) in [5.41, 5.74) is 0.706. The molecule has 1 rings (SSSR count). The zero-order chi connectivity index (χ0) is 12.5. The van der Waals surface area contributed by atoms with Crippen molar-refractivity contribution in [1.29, 1.82) is 5.26 Å². The van der Waals surface area contributed by atoms with E-state index in [2.05, 4.69) is 10.6 Å². The average Bonchev–Trinajstić information content (AvgIpc) is 2.35. The van der Waals surface area contributed by atoms with E-state index in [0.29, 0.717) is 18.0 Å². The van der Waals surface area contributed by atoms with E-state index in [9.17, 15) is 4.79 Å². The van der Waals surface area contributed by atoms with Crippen molar-refractivity contribution in [1.82, 2.24) is 5.32 Å². The predicted molar refractivity (Wildman–Crippen MR) is 64.7 cm³/mol. The normalized spacial score (nSPS) is 9.41. The molecule has 1 aromatic rings. The largest absolute Gasteiger partial charge is 0.479 e. The molecule has 0 unspecified atom stereocenters. The summed E-state index contributed by atoms with van der Waals surface area (Å²) < 4.78 is 5.09. The van der Waals surface area contributed by atoms with Crippen LogP contribution in [0, 0.1) is 11.3 Å². The number of amides is 1. The third kappa shape index (κ3) is 5.00. The molecular weight excluding hydrogens is 218 g/mol. The van der Waals surface area contributed by atoms with Crippen molar-refractivity contribution in [2.24, 2.45) is 0 Å². The van der Waals surface area contributed by atoms with Crippen LogP contribution in [-0.4, -0.2) is 25.6 Å². The fraction of sp³-hybridized carbons (Fsp3) is 0.333. The van der Waals surface area contributed by atoms with Crippen LogP contribution >= 0.6 is 0 Å². The molecule has 1 amide bonds. The first-order valence-corrected chi connectivity index (χ1v) is 5.36. The van der Waals surface area contributed by atoms with Gasteiger partial charge in [-0.15, -0.1) is 0 Å². The molecule has 5 heteroatoms. The summed E-state index contributed by atoms with van der Waals surface area (Å²) in [6.07, 6.45) is 0. The predicted octanol–water partition coefficient (Wildman–Crippen LogP) is 1.14. The summed E-state index contributed by atoms with van der Waals surface area (Å²) in [7, 11) is 0. The van der Waals surface area contributed by atoms with Crippen LogP contribution in [0.1, 0.15) is 6.92 Å². The van der Waals surface area contributed by atoms with Crippen LogP contribution in [-0.2, 0) is 4.79 Å². The third-order valence-corrected chi connectivity index (χ3v) is 1.98. The highest BCUT2D eigenvalue weighted by atomic mass is 16.5. The van der Waals surface area contributed by atoms with Crippen LogP contribution in [0.15, 0.2) is 24.3 Å². The van der Waals surface area contributed by atoms with Crippen molar-refractivity contribution in [3.63, 3.8) is 0 Å². The highest BCUT2D eigenvalue weighted by Crippen LogP contribution is 2.15. The van der Waals surface area contributed by atoms with Gasteiger partial charge in [0.15, 0.2) is 6.61 Å². The maximum Gasteiger partial charge on any atom is 0.238 e. The highest BCUT2D eigenvalue weighted by molar-refractivity contribution is 5.92. The van der Waals surface area contributed by atoms with Crippen LogP contribution in [0.2, 0.25) is 0 Å². The Balaban J connectivity index is 2.45. The van der Waals surface area contributed by atoms with Crippen molar-refractivity contribution < 1.29 is 9.53 Å². The first kappa shape index (κ1) is 13.0. The van der Waals surface area contributed by atoms with Gasteiger partial charge in [0.05, 0.1) is 6.54 Å². The fourth-order valence-corrected chi connectivity index (χ4v) is 1.19. The van der Waals surface area contributed by atoms with Gasteiger partial charge in [0, 0.05) is 5.69 Å². The molecular formula is C12H15N3O2. The number of rotatable bonds is 6. The summed E-state index contributed by atoms with van der Waals surface area (Å²) in [5, 5.41) is 14.0. The molecule has 1 aromatic carbocycles. The molecule has 0 aliphatic rings. The van der Waals surface area contributed by atoms with Gasteiger partial charge in [0.25, 0.3) is 0 Å². The Hall–Kier alpha value is -2.06. The zero-order valence-electron chi connectivity index (χ0n) is 9.69. The molecule has 90 valence electrons. The second-order valence-corrected chi connectivity index (χ2v) is 3.30. The second-order valence-electron chi connectivity index (χ2n) is 3.30. The SMILES string of the molecule is CCNCC(=O)Nc1ccc(OCC#N)cc1. The number of nitrogens with zero attached hydrogens (tertiary/aromatic N) is 1. The van der Waals surface area contributed by atoms with Gasteiger partial charge in [-0.05, 0) is 30.8 Å². The smallest absolute Gasteiger partial charge is 0.238 e. The van der Waals surface area contributed by atoms with Gasteiger partial charge in [-0.1, -0.05) is 6.92 Å². The molecule has 0 bridgehead atoms. The first-order chi connectivity index (χ1) is 8.26. The van der Waals surface area contributed by atoms with Crippen LogP contribution in [0.4, 0.5) is 5.69 Å². The molecule has 0 saturated carbocycles. The number of ether oxygens (including phenoxy) is 1. The Morgan fingerprint density at radius 2 is 2.12 bits per heavy atom. The molecule has 0 atom stereocenters. The van der Waals surface area contributed by atoms with E-state index in [1.807, 2.05) is 13.0 Å². The maximum absolute atomic E-state index is 11.4. The molecule has 0 aliphatic carbocycles. The van der Waals surface area contributed by atoms with Gasteiger partial charge in [0.1, 0.15) is 11.8 Å². The number of nitrogens with one attached hydrogen (secondary N) is 2. The molecule has 0 aliphatic heterocycles. The van der Waals surface area contributed by atoms with Crippen molar-refractivity contribution in [3.05, 3.63) is 24.3 Å². The molecule has 0 saturated heterocycles. The summed E-state index contributed by atoms with van der Waals surface area (Å²) >= 11 is 0. The van der Waals surface area contributed by atoms with E-state index in [1.165, 1.54) is 0 Å². The highest BCUT2D eigenvalue weighted by Gasteiger charge is 2.01. The number of benzene rings is 1. The molecule has 0 heterocycles. The first-order valence-electron chi connectivity index (χ1n) is 5.36. The van der Waals surface area contributed by atoms with Crippen molar-refractivity contribution in [2.75, 3.05) is 25.0 Å². The third-order valence-electron chi connectivity index (χ3n) is 1.98. The molecule has 0 fully saturated rings. The van der Waals surface area contributed by atoms with Gasteiger partial charge in [0.2, 0.25) is 5.91 Å². The van der Waals surface area contributed by atoms with Crippen molar-refractivity contribution in [2.45, 2.75) is 6.92 Å². The number of anilines is 1. The summed E-state index contributed by atoms with van der Waals surface area (Å²) in [4.78, 5) is 11.4. The van der Waals surface area contributed by atoms with Crippen LogP contribution in [0.25, 0.3) is 0 Å². The lowest BCUT2D eigenvalue weighted by Crippen LogP contribution is -2.27. The van der Waals surface area contributed by atoms with Crippen LogP contribution in [0.3, 0.4) is 0 Å². The minimum atomic E-state index is -0.0856. The van der Waals surface area contributed by atoms with Gasteiger partial charge in [-0.3, -0.25) is 4.79 Å². The second kappa shape index (κ2) is 7.25. The Morgan fingerprint density at radius 3 is 2.71 bits per heavy atom. The number of hydrogen-bond donors (Lipinski definition) is 2. The standard InChI is InChI=1S/C12H15N3O2/c1-2-14-9-12(16)15-10-3-5-11(6-4-10)17-8-7-13/h3-6,14H,2,8-9H2,1H3,(H,15,16). The Morgan fingerprint density at radius 1 is 1.41 bits per heavy atom. The number of carbonyl (C=O) groups excluding carboxylic acids is 1. The molecule has 0 radical (unpaired) electrons. The van der Waals surface area contributed by atoms with Crippen molar-refractivity contribution in [3.8, 4) is 11.8 Å². The topological polar surface area (TPSA) is 74.2 Å². The van der Waals surface area contributed by atoms with Gasteiger partial charge >= 0.3 is 0 Å². The molecule has 17 heavy (non-hydrogen) atoms. The minimum absolute atomic E-state index is 0.0200. The van der Waals surface area contributed by atoms with E-state index in [4.69, 9.17) is 10.00 Å². The lowest BCUT2D eigenvalue weighted by atomic mass is 10.3. The van der Waals surface area contributed by atoms with Crippen LogP contribution in [0.5, 0.6) is 5.75 Å². The average molecular weight is 233 g/mol. The van der Waals surface area contributed by atoms with Crippen molar-refractivity contribution >= 4 is 11.6 Å². The number of carbonyl (C=O) groups is 1. The van der Waals surface area contributed by atoms with Gasteiger partial charge in [-0.2, -0.15) is 5.26 Å². The maximum atomic E-state index is 11.4. The molecule has 0 spiro atoms. The zero-order valence-corrected chi connectivity index (χ0v) is 9.69. The quantitative estimate of drug-likeness (QED) is 0.772. The summed E-state index contributed by atoms with van der Waals surface area (Å²) in [6.45, 7) is 3.01. The van der Waals surface area contributed by atoms with E-state index < -0.39 is 0 Å². The number of nitriles is 1. The van der Waals surface area contributed by atoms with E-state index in [-0.39, 0.29) is 12.5 Å². The van der Waals surface area contributed by atoms with Gasteiger partial charge in [-0.25, -0.2) is 0 Å². The molecule has 2 N–H and O–H groups in total. The number of hydrogen-bond acceptors (Lipinski definition) is 4. The summed E-state index contributed by atoms with van der Waals surface area (Å²) in [5.74, 6) is 0.522. The van der Waals surface area contributed by atoms with Crippen LogP contribution < -0.4 is 15.4 Å². The van der Waals surface area contributed by atoms with E-state index in [1.54, 1.807) is 24.3 Å². The Kier molecular flexibility index (Phi) is 5.55. The minimum Gasteiger partial charge on any atom is -0.479 e. The molecule has 5 nitrogen and oxygen atoms in total. The summed E-state index contributed by atoms with van der Waals surface area (Å²) in [6, 6.07) is 8.77. The fourth-order valence-electron chi connectivity index (χ4n) is 1.19. The van der Waals surface area contributed by atoms with E-state index in [0.717, 1.165) is 6.54 Å². The van der Waals surface area contributed by atoms with E-state index >= 15 is 0 Å². The lowest BCUT2D eigenvalue weighted by molar-refractivity contribution is -0.115. The molecule has 0 aromatic heterocycles. The lowest BCUT2D eigenvalue weighted by Gasteiger charge is -2.06. The Bertz CT molecular complexity index is 395. The Labute approximate surface area is 100 Å².